The van der Waals surface area contributed by atoms with Crippen molar-refractivity contribution in [3.63, 3.8) is 0 Å². The molecule has 29 heavy (non-hydrogen) atoms. The molecule has 0 aliphatic rings. The van der Waals surface area contributed by atoms with Crippen LogP contribution in [0.15, 0.2) is 24.3 Å². The highest BCUT2D eigenvalue weighted by Gasteiger charge is 2.48. The molecule has 0 saturated heterocycles. The minimum absolute atomic E-state index is 0.101. The molecule has 162 valence electrons. The molecule has 1 aromatic rings. The third kappa shape index (κ3) is 8.02. The van der Waals surface area contributed by atoms with E-state index in [1.54, 1.807) is 20.8 Å². The van der Waals surface area contributed by atoms with Crippen molar-refractivity contribution < 1.29 is 44.8 Å². The molecule has 0 fully saturated rings. The van der Waals surface area contributed by atoms with Crippen molar-refractivity contribution in [2.45, 2.75) is 38.4 Å². The lowest BCUT2D eigenvalue weighted by atomic mass is 10.1. The molecule has 1 amide bonds. The van der Waals surface area contributed by atoms with Gasteiger partial charge in [0.1, 0.15) is 11.4 Å². The van der Waals surface area contributed by atoms with E-state index in [1.807, 2.05) is 0 Å². The Morgan fingerprint density at radius 2 is 1.79 bits per heavy atom. The molecule has 12 heteroatoms. The zero-order valence-electron chi connectivity index (χ0n) is 16.0. The molecule has 0 spiro atoms. The average Bonchev–Trinajstić information content (AvgIpc) is 2.56. The first kappa shape index (κ1) is 24.3. The predicted molar refractivity (Wildman–Crippen MR) is 96.2 cm³/mol. The van der Waals surface area contributed by atoms with Crippen LogP contribution in [0.25, 0.3) is 6.08 Å². The second kappa shape index (κ2) is 9.16. The Morgan fingerprint density at radius 1 is 1.17 bits per heavy atom. The minimum Gasteiger partial charge on any atom is -0.466 e. The number of alkyl halides is 3. The van der Waals surface area contributed by atoms with E-state index < -0.39 is 45.6 Å². The fourth-order valence-electron chi connectivity index (χ4n) is 1.80. The van der Waals surface area contributed by atoms with Crippen molar-refractivity contribution >= 4 is 28.3 Å². The van der Waals surface area contributed by atoms with E-state index in [4.69, 9.17) is 4.74 Å². The second-order valence-electron chi connectivity index (χ2n) is 6.56. The maximum atomic E-state index is 12.6. The van der Waals surface area contributed by atoms with E-state index in [1.165, 1.54) is 18.2 Å². The van der Waals surface area contributed by atoms with Gasteiger partial charge in [-0.3, -0.25) is 0 Å². The van der Waals surface area contributed by atoms with E-state index >= 15 is 0 Å². The summed E-state index contributed by atoms with van der Waals surface area (Å²) in [5.74, 6) is -1.33. The normalized spacial score (nSPS) is 12.5. The molecule has 0 unspecified atom stereocenters. The fraction of sp³-hybridized carbons (Fsp3) is 0.412. The molecule has 0 heterocycles. The Labute approximate surface area is 165 Å². The van der Waals surface area contributed by atoms with Gasteiger partial charge in [0.05, 0.1) is 7.11 Å². The first-order chi connectivity index (χ1) is 13.1. The van der Waals surface area contributed by atoms with Crippen LogP contribution in [0.5, 0.6) is 5.75 Å². The van der Waals surface area contributed by atoms with Gasteiger partial charge in [-0.05, 0) is 44.5 Å². The summed E-state index contributed by atoms with van der Waals surface area (Å²) in [6.45, 7) is 4.41. The second-order valence-corrected chi connectivity index (χ2v) is 8.10. The van der Waals surface area contributed by atoms with E-state index in [9.17, 15) is 31.2 Å². The number of esters is 1. The van der Waals surface area contributed by atoms with Crippen LogP contribution in [-0.2, 0) is 30.9 Å². The molecule has 1 aromatic carbocycles. The zero-order valence-corrected chi connectivity index (χ0v) is 16.8. The molecule has 1 rings (SSSR count). The molecule has 0 aliphatic carbocycles. The molecule has 0 saturated carbocycles. The van der Waals surface area contributed by atoms with Crippen LogP contribution in [0, 0.1) is 0 Å². The van der Waals surface area contributed by atoms with Gasteiger partial charge < -0.3 is 19.0 Å². The van der Waals surface area contributed by atoms with Crippen molar-refractivity contribution in [3.05, 3.63) is 35.4 Å². The summed E-state index contributed by atoms with van der Waals surface area (Å²) in [4.78, 5) is 23.0. The van der Waals surface area contributed by atoms with Crippen LogP contribution in [0.2, 0.25) is 0 Å². The number of ether oxygens (including phenoxy) is 2. The van der Waals surface area contributed by atoms with Gasteiger partial charge in [-0.15, -0.1) is 0 Å². The van der Waals surface area contributed by atoms with Gasteiger partial charge in [0, 0.05) is 18.2 Å². The van der Waals surface area contributed by atoms with Crippen LogP contribution in [0.3, 0.4) is 0 Å². The highest BCUT2D eigenvalue weighted by Crippen LogP contribution is 2.30. The Bertz CT molecular complexity index is 887. The third-order valence-corrected chi connectivity index (χ3v) is 3.97. The maximum Gasteiger partial charge on any atom is 0.534 e. The van der Waals surface area contributed by atoms with Gasteiger partial charge in [0.2, 0.25) is 0 Å². The van der Waals surface area contributed by atoms with Crippen LogP contribution >= 0.6 is 0 Å². The molecular formula is C17H20F3NO7S. The molecule has 1 N–H and O–H groups in total. The Hall–Kier alpha value is -2.76. The van der Waals surface area contributed by atoms with Gasteiger partial charge in [-0.2, -0.15) is 21.6 Å². The quantitative estimate of drug-likeness (QED) is 0.314. The van der Waals surface area contributed by atoms with Crippen LogP contribution in [0.4, 0.5) is 18.0 Å². The molecule has 0 radical (unpaired) electrons. The van der Waals surface area contributed by atoms with Crippen LogP contribution in [0.1, 0.15) is 31.9 Å². The smallest absolute Gasteiger partial charge is 0.466 e. The SMILES string of the molecule is COC(=O)C=Cc1ccc(OS(=O)(=O)C(F)(F)F)c(CNC(=O)OC(C)(C)C)c1. The third-order valence-electron chi connectivity index (χ3n) is 3.00. The van der Waals surface area contributed by atoms with Gasteiger partial charge in [-0.1, -0.05) is 6.07 Å². The first-order valence-electron chi connectivity index (χ1n) is 8.01. The summed E-state index contributed by atoms with van der Waals surface area (Å²) >= 11 is 0. The van der Waals surface area contributed by atoms with E-state index in [0.29, 0.717) is 5.56 Å². The average molecular weight is 439 g/mol. The van der Waals surface area contributed by atoms with Crippen molar-refractivity contribution in [1.29, 1.82) is 0 Å². The van der Waals surface area contributed by atoms with E-state index in [0.717, 1.165) is 19.3 Å². The number of halogens is 3. The minimum atomic E-state index is -5.92. The number of amides is 1. The zero-order chi connectivity index (χ0) is 22.5. The monoisotopic (exact) mass is 439 g/mol. The number of alkyl carbamates (subject to hydrolysis) is 1. The number of carbonyl (C=O) groups is 2. The lowest BCUT2D eigenvalue weighted by Gasteiger charge is -2.20. The molecular weight excluding hydrogens is 419 g/mol. The number of hydrogen-bond donors (Lipinski definition) is 1. The molecule has 8 nitrogen and oxygen atoms in total. The fourth-order valence-corrected chi connectivity index (χ4v) is 2.30. The van der Waals surface area contributed by atoms with E-state index in [-0.39, 0.29) is 5.56 Å². The van der Waals surface area contributed by atoms with Crippen molar-refractivity contribution in [2.24, 2.45) is 0 Å². The summed E-state index contributed by atoms with van der Waals surface area (Å²) in [6.07, 6.45) is 1.45. The van der Waals surface area contributed by atoms with Gasteiger partial charge in [0.15, 0.2) is 0 Å². The Morgan fingerprint density at radius 3 is 2.31 bits per heavy atom. The first-order valence-corrected chi connectivity index (χ1v) is 9.42. The van der Waals surface area contributed by atoms with Crippen molar-refractivity contribution in [2.75, 3.05) is 7.11 Å². The highest BCUT2D eigenvalue weighted by atomic mass is 32.2. The number of methoxy groups -OCH3 is 1. The topological polar surface area (TPSA) is 108 Å². The number of benzene rings is 1. The number of hydrogen-bond acceptors (Lipinski definition) is 7. The summed E-state index contributed by atoms with van der Waals surface area (Å²) in [5, 5.41) is 2.29. The predicted octanol–water partition coefficient (Wildman–Crippen LogP) is 3.13. The summed E-state index contributed by atoms with van der Waals surface area (Å²) in [5.41, 5.74) is -6.25. The van der Waals surface area contributed by atoms with Gasteiger partial charge in [-0.25, -0.2) is 9.59 Å². The molecule has 0 bridgehead atoms. The maximum absolute atomic E-state index is 12.6. The number of nitrogens with one attached hydrogen (secondary N) is 1. The lowest BCUT2D eigenvalue weighted by Crippen LogP contribution is -2.32. The standard InChI is InChI=1S/C17H20F3NO7S/c1-16(2,3)27-15(23)21-10-12-9-11(6-8-14(22)26-4)5-7-13(12)28-29(24,25)17(18,19)20/h5-9H,10H2,1-4H3,(H,21,23). The summed E-state index contributed by atoms with van der Waals surface area (Å²) in [7, 11) is -4.76. The van der Waals surface area contributed by atoms with Gasteiger partial charge >= 0.3 is 27.7 Å². The van der Waals surface area contributed by atoms with Crippen molar-refractivity contribution in [1.82, 2.24) is 5.32 Å². The highest BCUT2D eigenvalue weighted by molar-refractivity contribution is 7.88. The summed E-state index contributed by atoms with van der Waals surface area (Å²) < 4.78 is 74.1. The van der Waals surface area contributed by atoms with Crippen molar-refractivity contribution in [3.8, 4) is 5.75 Å². The summed E-state index contributed by atoms with van der Waals surface area (Å²) in [6, 6.07) is 3.42. The number of rotatable bonds is 6. The Kier molecular flexibility index (Phi) is 7.67. The molecule has 0 atom stereocenters. The van der Waals surface area contributed by atoms with Gasteiger partial charge in [0.25, 0.3) is 0 Å². The Balaban J connectivity index is 3.18. The van der Waals surface area contributed by atoms with Crippen LogP contribution in [-0.4, -0.2) is 38.7 Å². The molecule has 0 aliphatic heterocycles. The number of carbonyl (C=O) groups excluding carboxylic acids is 2. The molecule has 0 aromatic heterocycles. The lowest BCUT2D eigenvalue weighted by molar-refractivity contribution is -0.134. The van der Waals surface area contributed by atoms with Crippen LogP contribution < -0.4 is 9.50 Å². The van der Waals surface area contributed by atoms with E-state index in [2.05, 4.69) is 14.2 Å². The largest absolute Gasteiger partial charge is 0.534 e.